The topological polar surface area (TPSA) is 122 Å². The summed E-state index contributed by atoms with van der Waals surface area (Å²) >= 11 is 0. The van der Waals surface area contributed by atoms with Crippen LogP contribution < -0.4 is 25.0 Å². The van der Waals surface area contributed by atoms with Crippen molar-refractivity contribution in [2.24, 2.45) is 0 Å². The van der Waals surface area contributed by atoms with Crippen LogP contribution in [0.25, 0.3) is 0 Å². The van der Waals surface area contributed by atoms with Crippen molar-refractivity contribution in [1.82, 2.24) is 10.3 Å². The van der Waals surface area contributed by atoms with Gasteiger partial charge in [-0.2, -0.15) is 4.98 Å². The summed E-state index contributed by atoms with van der Waals surface area (Å²) in [6, 6.07) is 38.7. The minimum atomic E-state index is -1.09. The molecule has 52 heavy (non-hydrogen) atoms. The zero-order chi connectivity index (χ0) is 35.8. The molecule has 0 unspecified atom stereocenters. The van der Waals surface area contributed by atoms with Gasteiger partial charge in [-0.3, -0.25) is 9.69 Å². The Morgan fingerprint density at radius 3 is 2.10 bits per heavy atom. The lowest BCUT2D eigenvalue weighted by molar-refractivity contribution is -0.0487. The van der Waals surface area contributed by atoms with Gasteiger partial charge in [0.05, 0.1) is 12.1 Å². The Labute approximate surface area is 303 Å². The van der Waals surface area contributed by atoms with E-state index in [9.17, 15) is 14.7 Å². The van der Waals surface area contributed by atoms with Crippen molar-refractivity contribution in [3.8, 4) is 11.8 Å². The second-order valence-electron chi connectivity index (χ2n) is 13.3. The lowest BCUT2D eigenvalue weighted by atomic mass is 9.82. The first-order chi connectivity index (χ1) is 25.4. The molecule has 10 nitrogen and oxygen atoms in total. The molecule has 1 saturated carbocycles. The first kappa shape index (κ1) is 34.6. The molecule has 3 N–H and O–H groups in total. The highest BCUT2D eigenvalue weighted by atomic mass is 16.6. The van der Waals surface area contributed by atoms with E-state index < -0.39 is 11.7 Å². The van der Waals surface area contributed by atoms with E-state index in [-0.39, 0.29) is 25.2 Å². The highest BCUT2D eigenvalue weighted by molar-refractivity contribution is 6.11. The summed E-state index contributed by atoms with van der Waals surface area (Å²) in [5.41, 5.74) is 4.82. The van der Waals surface area contributed by atoms with Crippen molar-refractivity contribution in [3.63, 3.8) is 0 Å². The van der Waals surface area contributed by atoms with Gasteiger partial charge in [0, 0.05) is 35.5 Å². The number of alkyl carbamates (subject to hydrolysis) is 1. The third-order valence-corrected chi connectivity index (χ3v) is 9.55. The van der Waals surface area contributed by atoms with Crippen molar-refractivity contribution >= 4 is 23.4 Å². The van der Waals surface area contributed by atoms with E-state index >= 15 is 0 Å². The largest absolute Gasteiger partial charge is 0.473 e. The molecule has 266 valence electrons. The van der Waals surface area contributed by atoms with Crippen LogP contribution in [0.2, 0.25) is 0 Å². The second-order valence-corrected chi connectivity index (χ2v) is 13.3. The van der Waals surface area contributed by atoms with E-state index in [4.69, 9.17) is 19.2 Å². The van der Waals surface area contributed by atoms with Crippen molar-refractivity contribution in [2.45, 2.75) is 63.6 Å². The molecule has 1 fully saturated rings. The average molecular weight is 699 g/mol. The Bertz CT molecular complexity index is 1970. The number of nitrogens with one attached hydrogen (secondary N) is 2. The maximum atomic E-state index is 13.9. The van der Waals surface area contributed by atoms with Gasteiger partial charge in [0.15, 0.2) is 0 Å². The number of carbonyl (C=O) groups is 2. The first-order valence-electron chi connectivity index (χ1n) is 17.6. The van der Waals surface area contributed by atoms with Gasteiger partial charge in [-0.05, 0) is 60.6 Å². The number of nitrogens with zero attached hydrogens (tertiary/aromatic N) is 2. The lowest BCUT2D eigenvalue weighted by Gasteiger charge is -2.36. The molecule has 0 bridgehead atoms. The molecule has 0 saturated heterocycles. The average Bonchev–Trinajstić information content (AvgIpc) is 3.53. The van der Waals surface area contributed by atoms with E-state index in [2.05, 4.69) is 10.6 Å². The molecule has 0 radical (unpaired) electrons. The molecule has 1 aliphatic heterocycles. The van der Waals surface area contributed by atoms with Gasteiger partial charge >= 0.3 is 6.09 Å². The third kappa shape index (κ3) is 8.52. The molecule has 7 rings (SSSR count). The van der Waals surface area contributed by atoms with Crippen LogP contribution in [0.3, 0.4) is 0 Å². The quantitative estimate of drug-likeness (QED) is 0.116. The van der Waals surface area contributed by atoms with E-state index in [1.54, 1.807) is 11.0 Å². The van der Waals surface area contributed by atoms with Crippen molar-refractivity contribution in [1.29, 1.82) is 0 Å². The summed E-state index contributed by atoms with van der Waals surface area (Å²) in [6.45, 7) is 1.27. The molecule has 2 amide bonds. The van der Waals surface area contributed by atoms with Gasteiger partial charge in [-0.15, -0.1) is 0 Å². The molecule has 0 spiro atoms. The monoisotopic (exact) mass is 698 g/mol. The highest BCUT2D eigenvalue weighted by Crippen LogP contribution is 2.39. The molecule has 5 aromatic rings. The molecule has 4 aromatic carbocycles. The summed E-state index contributed by atoms with van der Waals surface area (Å²) in [6.07, 6.45) is 1.76. The standard InChI is InChI=1S/C42H42N4O6/c47-40-34-17-10-18-36(44-33-21-23-42(49,24-22-33)29-52-41(48)43-25-30-11-4-1-5-12-30)35(34)26-46(40)37-19-20-38(50-27-31-13-6-2-7-14-31)45-39(37)51-28-32-15-8-3-9-16-32/h1-20,33,44,49H,21-29H2,(H,43,48). The van der Waals surface area contributed by atoms with Crippen LogP contribution in [0.5, 0.6) is 11.8 Å². The van der Waals surface area contributed by atoms with Gasteiger partial charge in [-0.25, -0.2) is 4.79 Å². The predicted molar refractivity (Wildman–Crippen MR) is 198 cm³/mol. The maximum Gasteiger partial charge on any atom is 0.407 e. The number of hydrogen-bond acceptors (Lipinski definition) is 8. The molecular formula is C42H42N4O6. The van der Waals surface area contributed by atoms with Crippen molar-refractivity contribution in [3.05, 3.63) is 149 Å². The number of amides is 2. The van der Waals surface area contributed by atoms with Crippen LogP contribution in [0.1, 0.15) is 58.3 Å². The van der Waals surface area contributed by atoms with Crippen LogP contribution in [-0.4, -0.2) is 40.3 Å². The number of aromatic nitrogens is 1. The van der Waals surface area contributed by atoms with Gasteiger partial charge in [0.1, 0.15) is 25.5 Å². The number of anilines is 2. The molecular weight excluding hydrogens is 656 g/mol. The predicted octanol–water partition coefficient (Wildman–Crippen LogP) is 7.41. The summed E-state index contributed by atoms with van der Waals surface area (Å²) in [7, 11) is 0. The van der Waals surface area contributed by atoms with Gasteiger partial charge in [0.25, 0.3) is 5.91 Å². The van der Waals surface area contributed by atoms with E-state index in [0.717, 1.165) is 27.9 Å². The number of ether oxygens (including phenoxy) is 3. The summed E-state index contributed by atoms with van der Waals surface area (Å²) < 4.78 is 17.7. The SMILES string of the molecule is O=C(NCc1ccccc1)OCC1(O)CCC(Nc2cccc3c2CN(c2ccc(OCc4ccccc4)nc2OCc2ccccc2)C3=O)CC1. The molecule has 10 heteroatoms. The first-order valence-corrected chi connectivity index (χ1v) is 17.6. The Morgan fingerprint density at radius 1 is 0.788 bits per heavy atom. The van der Waals surface area contributed by atoms with Gasteiger partial charge < -0.3 is 30.0 Å². The van der Waals surface area contributed by atoms with Crippen molar-refractivity contribution in [2.75, 3.05) is 16.8 Å². The molecule has 2 aliphatic rings. The number of hydrogen-bond donors (Lipinski definition) is 3. The number of carbonyl (C=O) groups excluding carboxylic acids is 2. The fraction of sp³-hybridized carbons (Fsp3) is 0.262. The van der Waals surface area contributed by atoms with E-state index in [1.165, 1.54) is 0 Å². The number of fused-ring (bicyclic) bond motifs is 1. The van der Waals surface area contributed by atoms with Crippen LogP contribution in [0.15, 0.2) is 121 Å². The Kier molecular flexibility index (Phi) is 10.6. The van der Waals surface area contributed by atoms with Gasteiger partial charge in [-0.1, -0.05) is 97.1 Å². The Hall–Kier alpha value is -5.87. The Balaban J connectivity index is 0.992. The smallest absolute Gasteiger partial charge is 0.407 e. The lowest BCUT2D eigenvalue weighted by Crippen LogP contribution is -2.43. The van der Waals surface area contributed by atoms with E-state index in [1.807, 2.05) is 115 Å². The van der Waals surface area contributed by atoms with Crippen LogP contribution >= 0.6 is 0 Å². The number of aliphatic hydroxyl groups is 1. The minimum absolute atomic E-state index is 0.0661. The third-order valence-electron chi connectivity index (χ3n) is 9.55. The fourth-order valence-corrected chi connectivity index (χ4v) is 6.61. The molecule has 1 aliphatic carbocycles. The van der Waals surface area contributed by atoms with Crippen LogP contribution in [0, 0.1) is 0 Å². The van der Waals surface area contributed by atoms with Gasteiger partial charge in [0.2, 0.25) is 11.8 Å². The maximum absolute atomic E-state index is 13.9. The normalized spacial score (nSPS) is 18.0. The highest BCUT2D eigenvalue weighted by Gasteiger charge is 2.37. The molecule has 2 heterocycles. The number of rotatable bonds is 13. The second kappa shape index (κ2) is 16.0. The van der Waals surface area contributed by atoms with Crippen LogP contribution in [0.4, 0.5) is 16.2 Å². The summed E-state index contributed by atoms with van der Waals surface area (Å²) in [4.78, 5) is 32.6. The zero-order valence-corrected chi connectivity index (χ0v) is 28.9. The Morgan fingerprint density at radius 2 is 1.42 bits per heavy atom. The fourth-order valence-electron chi connectivity index (χ4n) is 6.61. The number of pyridine rings is 1. The van der Waals surface area contributed by atoms with E-state index in [0.29, 0.717) is 68.4 Å². The van der Waals surface area contributed by atoms with Crippen LogP contribution in [-0.2, 0) is 31.0 Å². The summed E-state index contributed by atoms with van der Waals surface area (Å²) in [5, 5.41) is 17.6. The summed E-state index contributed by atoms with van der Waals surface area (Å²) in [5.74, 6) is 0.578. The molecule has 1 aromatic heterocycles. The number of benzene rings is 4. The zero-order valence-electron chi connectivity index (χ0n) is 28.9. The minimum Gasteiger partial charge on any atom is -0.473 e. The van der Waals surface area contributed by atoms with Crippen molar-refractivity contribution < 1.29 is 28.9 Å². The molecule has 0 atom stereocenters.